The lowest BCUT2D eigenvalue weighted by Gasteiger charge is -2.11. The van der Waals surface area contributed by atoms with Crippen molar-refractivity contribution in [3.63, 3.8) is 0 Å². The largest absolute Gasteiger partial charge is 0.380 e. The Bertz CT molecular complexity index is 670. The Morgan fingerprint density at radius 1 is 1.35 bits per heavy atom. The summed E-state index contributed by atoms with van der Waals surface area (Å²) < 4.78 is 0. The third-order valence-electron chi connectivity index (χ3n) is 2.78. The fourth-order valence-corrected chi connectivity index (χ4v) is 2.55. The SMILES string of the molecule is CC(=O)Nc1ccc(C)c(NCc2ccc(C#N)s2)c1. The average molecular weight is 285 g/mol. The molecule has 0 spiro atoms. The standard InChI is InChI=1S/C15H15N3OS/c1-10-3-4-12(18-11(2)19)7-15(10)17-9-14-6-5-13(8-16)20-14/h3-7,17H,9H2,1-2H3,(H,18,19). The van der Waals surface area contributed by atoms with Crippen molar-refractivity contribution in [3.8, 4) is 6.07 Å². The molecule has 0 atom stereocenters. The van der Waals surface area contributed by atoms with Crippen LogP contribution < -0.4 is 10.6 Å². The first kappa shape index (κ1) is 14.1. The zero-order valence-electron chi connectivity index (χ0n) is 11.4. The van der Waals surface area contributed by atoms with E-state index in [1.807, 2.05) is 37.3 Å². The molecule has 0 aliphatic heterocycles. The van der Waals surface area contributed by atoms with Crippen molar-refractivity contribution < 1.29 is 4.79 Å². The van der Waals surface area contributed by atoms with Gasteiger partial charge in [-0.05, 0) is 36.8 Å². The monoisotopic (exact) mass is 285 g/mol. The van der Waals surface area contributed by atoms with Crippen LogP contribution in [0, 0.1) is 18.3 Å². The summed E-state index contributed by atoms with van der Waals surface area (Å²) in [4.78, 5) is 12.9. The summed E-state index contributed by atoms with van der Waals surface area (Å²) in [6.07, 6.45) is 0. The van der Waals surface area contributed by atoms with Crippen LogP contribution in [0.3, 0.4) is 0 Å². The summed E-state index contributed by atoms with van der Waals surface area (Å²) in [7, 11) is 0. The number of nitriles is 1. The maximum atomic E-state index is 11.1. The topological polar surface area (TPSA) is 64.9 Å². The highest BCUT2D eigenvalue weighted by atomic mass is 32.1. The molecule has 0 unspecified atom stereocenters. The lowest BCUT2D eigenvalue weighted by molar-refractivity contribution is -0.114. The Labute approximate surface area is 122 Å². The maximum Gasteiger partial charge on any atom is 0.221 e. The van der Waals surface area contributed by atoms with Crippen molar-refractivity contribution in [2.24, 2.45) is 0 Å². The average Bonchev–Trinajstić information content (AvgIpc) is 2.87. The van der Waals surface area contributed by atoms with Crippen LogP contribution in [0.4, 0.5) is 11.4 Å². The minimum Gasteiger partial charge on any atom is -0.380 e. The van der Waals surface area contributed by atoms with Gasteiger partial charge in [0.1, 0.15) is 10.9 Å². The molecule has 1 heterocycles. The molecule has 2 N–H and O–H groups in total. The number of aryl methyl sites for hydroxylation is 1. The third-order valence-corrected chi connectivity index (χ3v) is 3.77. The van der Waals surface area contributed by atoms with Gasteiger partial charge in [0.2, 0.25) is 5.91 Å². The molecule has 0 saturated carbocycles. The number of amides is 1. The van der Waals surface area contributed by atoms with Crippen LogP contribution in [0.15, 0.2) is 30.3 Å². The number of hydrogen-bond acceptors (Lipinski definition) is 4. The summed E-state index contributed by atoms with van der Waals surface area (Å²) in [5.74, 6) is -0.0864. The van der Waals surface area contributed by atoms with Gasteiger partial charge in [0.15, 0.2) is 0 Å². The quantitative estimate of drug-likeness (QED) is 0.903. The van der Waals surface area contributed by atoms with Crippen molar-refractivity contribution >= 4 is 28.6 Å². The molecule has 1 aromatic heterocycles. The number of nitrogens with one attached hydrogen (secondary N) is 2. The lowest BCUT2D eigenvalue weighted by atomic mass is 10.1. The van der Waals surface area contributed by atoms with E-state index in [9.17, 15) is 4.79 Å². The van der Waals surface area contributed by atoms with Crippen LogP contribution in [-0.2, 0) is 11.3 Å². The third kappa shape index (κ3) is 3.59. The van der Waals surface area contributed by atoms with Crippen molar-refractivity contribution in [2.75, 3.05) is 10.6 Å². The second-order valence-electron chi connectivity index (χ2n) is 4.44. The van der Waals surface area contributed by atoms with E-state index in [0.717, 1.165) is 21.8 Å². The molecule has 0 aliphatic carbocycles. The molecule has 5 heteroatoms. The van der Waals surface area contributed by atoms with Gasteiger partial charge in [0.05, 0.1) is 0 Å². The zero-order valence-corrected chi connectivity index (χ0v) is 12.2. The molecule has 2 aromatic rings. The molecule has 1 amide bonds. The molecule has 0 aliphatic rings. The maximum absolute atomic E-state index is 11.1. The number of nitrogens with zero attached hydrogens (tertiary/aromatic N) is 1. The molecule has 102 valence electrons. The van der Waals surface area contributed by atoms with E-state index >= 15 is 0 Å². The Balaban J connectivity index is 2.08. The van der Waals surface area contributed by atoms with E-state index in [-0.39, 0.29) is 5.91 Å². The Morgan fingerprint density at radius 3 is 2.80 bits per heavy atom. The first-order valence-corrected chi connectivity index (χ1v) is 7.01. The van der Waals surface area contributed by atoms with Gasteiger partial charge in [-0.15, -0.1) is 11.3 Å². The number of carbonyl (C=O) groups is 1. The number of hydrogen-bond donors (Lipinski definition) is 2. The van der Waals surface area contributed by atoms with Crippen LogP contribution in [-0.4, -0.2) is 5.91 Å². The molecule has 0 saturated heterocycles. The van der Waals surface area contributed by atoms with E-state index in [4.69, 9.17) is 5.26 Å². The minimum atomic E-state index is -0.0864. The van der Waals surface area contributed by atoms with Crippen molar-refractivity contribution in [2.45, 2.75) is 20.4 Å². The molecule has 0 fully saturated rings. The molecule has 4 nitrogen and oxygen atoms in total. The van der Waals surface area contributed by atoms with Gasteiger partial charge in [-0.1, -0.05) is 6.07 Å². The second kappa shape index (κ2) is 6.22. The van der Waals surface area contributed by atoms with Gasteiger partial charge < -0.3 is 10.6 Å². The first-order chi connectivity index (χ1) is 9.58. The fourth-order valence-electron chi connectivity index (χ4n) is 1.81. The van der Waals surface area contributed by atoms with Gasteiger partial charge in [-0.2, -0.15) is 5.26 Å². The van der Waals surface area contributed by atoms with Gasteiger partial charge in [0, 0.05) is 29.7 Å². The van der Waals surface area contributed by atoms with Crippen molar-refractivity contribution in [3.05, 3.63) is 45.6 Å². The van der Waals surface area contributed by atoms with Gasteiger partial charge >= 0.3 is 0 Å². The van der Waals surface area contributed by atoms with Crippen LogP contribution >= 0.6 is 11.3 Å². The van der Waals surface area contributed by atoms with E-state index < -0.39 is 0 Å². The van der Waals surface area contributed by atoms with Gasteiger partial charge in [0.25, 0.3) is 0 Å². The van der Waals surface area contributed by atoms with Crippen LogP contribution in [0.25, 0.3) is 0 Å². The number of carbonyl (C=O) groups excluding carboxylic acids is 1. The molecule has 2 rings (SSSR count). The zero-order chi connectivity index (χ0) is 14.5. The summed E-state index contributed by atoms with van der Waals surface area (Å²) in [5, 5.41) is 14.9. The Morgan fingerprint density at radius 2 is 2.15 bits per heavy atom. The molecule has 0 bridgehead atoms. The normalized spacial score (nSPS) is 9.85. The second-order valence-corrected chi connectivity index (χ2v) is 5.61. The van der Waals surface area contributed by atoms with Crippen LogP contribution in [0.2, 0.25) is 0 Å². The van der Waals surface area contributed by atoms with E-state index in [2.05, 4.69) is 16.7 Å². The van der Waals surface area contributed by atoms with E-state index in [1.54, 1.807) is 0 Å². The highest BCUT2D eigenvalue weighted by Crippen LogP contribution is 2.22. The summed E-state index contributed by atoms with van der Waals surface area (Å²) in [5.41, 5.74) is 2.86. The van der Waals surface area contributed by atoms with Crippen LogP contribution in [0.5, 0.6) is 0 Å². The molecule has 20 heavy (non-hydrogen) atoms. The summed E-state index contributed by atoms with van der Waals surface area (Å²) in [6, 6.07) is 11.6. The van der Waals surface area contributed by atoms with Gasteiger partial charge in [-0.3, -0.25) is 4.79 Å². The molecular formula is C15H15N3OS. The van der Waals surface area contributed by atoms with E-state index in [1.165, 1.54) is 18.3 Å². The predicted molar refractivity (Wildman–Crippen MR) is 81.8 cm³/mol. The highest BCUT2D eigenvalue weighted by Gasteiger charge is 2.03. The Hall–Kier alpha value is -2.32. The Kier molecular flexibility index (Phi) is 4.38. The number of benzene rings is 1. The summed E-state index contributed by atoms with van der Waals surface area (Å²) >= 11 is 1.48. The number of anilines is 2. The van der Waals surface area contributed by atoms with E-state index in [0.29, 0.717) is 11.4 Å². The van der Waals surface area contributed by atoms with Gasteiger partial charge in [-0.25, -0.2) is 0 Å². The molecule has 1 aromatic carbocycles. The predicted octanol–water partition coefficient (Wildman–Crippen LogP) is 3.50. The summed E-state index contributed by atoms with van der Waals surface area (Å²) in [6.45, 7) is 4.16. The van der Waals surface area contributed by atoms with Crippen LogP contribution in [0.1, 0.15) is 22.2 Å². The lowest BCUT2D eigenvalue weighted by Crippen LogP contribution is -2.07. The highest BCUT2D eigenvalue weighted by molar-refractivity contribution is 7.12. The van der Waals surface area contributed by atoms with Crippen molar-refractivity contribution in [1.82, 2.24) is 0 Å². The van der Waals surface area contributed by atoms with Crippen molar-refractivity contribution in [1.29, 1.82) is 5.26 Å². The molecule has 0 radical (unpaired) electrons. The minimum absolute atomic E-state index is 0.0864. The fraction of sp³-hybridized carbons (Fsp3) is 0.200. The number of thiophene rings is 1. The molecular weight excluding hydrogens is 270 g/mol. The smallest absolute Gasteiger partial charge is 0.221 e. The first-order valence-electron chi connectivity index (χ1n) is 6.19. The number of rotatable bonds is 4.